The Morgan fingerprint density at radius 2 is 1.06 bits per heavy atom. The van der Waals surface area contributed by atoms with Crippen LogP contribution in [-0.2, 0) is 48.9 Å². The minimum absolute atomic E-state index is 0.138. The van der Waals surface area contributed by atoms with Crippen LogP contribution in [0.5, 0.6) is 0 Å². The van der Waals surface area contributed by atoms with Gasteiger partial charge in [-0.25, -0.2) is 24.5 Å². The molecule has 4 amide bonds. The zero-order chi connectivity index (χ0) is 36.4. The highest BCUT2D eigenvalue weighted by Crippen LogP contribution is 2.20. The van der Waals surface area contributed by atoms with Crippen LogP contribution >= 0.6 is 0 Å². The first-order valence-corrected chi connectivity index (χ1v) is 15.0. The van der Waals surface area contributed by atoms with Crippen molar-refractivity contribution in [1.82, 2.24) is 14.5 Å². The second kappa shape index (κ2) is 16.4. The van der Waals surface area contributed by atoms with E-state index in [9.17, 15) is 28.8 Å². The number of aliphatic imine (C=N–C) groups is 1. The lowest BCUT2D eigenvalue weighted by Crippen LogP contribution is -2.13. The molecule has 0 atom stereocenters. The Bertz CT molecular complexity index is 1920. The van der Waals surface area contributed by atoms with Gasteiger partial charge in [0.2, 0.25) is 23.6 Å². The molecule has 0 saturated carbocycles. The van der Waals surface area contributed by atoms with E-state index in [1.54, 1.807) is 54.2 Å². The number of ether oxygens (including phenoxy) is 2. The van der Waals surface area contributed by atoms with Crippen LogP contribution < -0.4 is 21.3 Å². The highest BCUT2D eigenvalue weighted by Gasteiger charge is 2.16. The highest BCUT2D eigenvalue weighted by atomic mass is 16.5. The average Bonchev–Trinajstić information content (AvgIpc) is 3.40. The molecule has 0 bridgehead atoms. The fourth-order valence-corrected chi connectivity index (χ4v) is 4.45. The van der Waals surface area contributed by atoms with E-state index < -0.39 is 11.9 Å². The van der Waals surface area contributed by atoms with Crippen LogP contribution in [0.2, 0.25) is 0 Å². The number of hydrogen-bond acceptors (Lipinski definition) is 11. The van der Waals surface area contributed by atoms with E-state index in [-0.39, 0.29) is 71.4 Å². The van der Waals surface area contributed by atoms with E-state index in [2.05, 4.69) is 36.2 Å². The quantitative estimate of drug-likeness (QED) is 0.124. The monoisotopic (exact) mass is 682 g/mol. The normalized spacial score (nSPS) is 10.7. The number of amides is 4. The van der Waals surface area contributed by atoms with Gasteiger partial charge in [-0.1, -0.05) is 12.1 Å². The molecule has 0 unspecified atom stereocenters. The molecular formula is C34H34N8O8. The van der Waals surface area contributed by atoms with Gasteiger partial charge in [-0.15, -0.1) is 0 Å². The topological polar surface area (TPSA) is 212 Å². The van der Waals surface area contributed by atoms with Crippen molar-refractivity contribution in [1.29, 1.82) is 0 Å². The third kappa shape index (κ3) is 10.7. The van der Waals surface area contributed by atoms with Crippen molar-refractivity contribution in [2.75, 3.05) is 21.3 Å². The molecule has 0 aliphatic heterocycles. The van der Waals surface area contributed by atoms with Crippen molar-refractivity contribution in [2.24, 2.45) is 12.0 Å². The number of rotatable bonds is 12. The first-order valence-electron chi connectivity index (χ1n) is 15.0. The van der Waals surface area contributed by atoms with Crippen molar-refractivity contribution >= 4 is 70.9 Å². The molecule has 50 heavy (non-hydrogen) atoms. The number of anilines is 4. The number of nitrogens with zero attached hydrogens (tertiary/aromatic N) is 4. The van der Waals surface area contributed by atoms with Gasteiger partial charge in [0, 0.05) is 41.0 Å². The van der Waals surface area contributed by atoms with Crippen LogP contribution in [0, 0.1) is 0 Å². The third-order valence-electron chi connectivity index (χ3n) is 6.52. The molecule has 3 heterocycles. The minimum Gasteiger partial charge on any atom is -0.457 e. The largest absolute Gasteiger partial charge is 0.457 e. The molecule has 0 aliphatic carbocycles. The summed E-state index contributed by atoms with van der Waals surface area (Å²) in [6, 6.07) is 15.8. The molecule has 0 aliphatic rings. The molecule has 3 aromatic heterocycles. The zero-order valence-corrected chi connectivity index (χ0v) is 27.8. The van der Waals surface area contributed by atoms with Gasteiger partial charge in [0.05, 0.1) is 5.56 Å². The lowest BCUT2D eigenvalue weighted by Gasteiger charge is -2.11. The van der Waals surface area contributed by atoms with Crippen molar-refractivity contribution in [3.8, 4) is 0 Å². The van der Waals surface area contributed by atoms with Crippen LogP contribution in [0.15, 0.2) is 65.7 Å². The van der Waals surface area contributed by atoms with Crippen LogP contribution in [0.3, 0.4) is 0 Å². The Labute approximate surface area is 286 Å². The zero-order valence-electron chi connectivity index (χ0n) is 27.8. The number of carbonyl (C=O) groups excluding carboxylic acids is 6. The third-order valence-corrected chi connectivity index (χ3v) is 6.52. The summed E-state index contributed by atoms with van der Waals surface area (Å²) < 4.78 is 12.4. The molecule has 0 fully saturated rings. The van der Waals surface area contributed by atoms with Crippen molar-refractivity contribution < 1.29 is 38.2 Å². The Hall–Kier alpha value is -6.71. The summed E-state index contributed by atoms with van der Waals surface area (Å²) in [6.45, 7) is 4.99. The van der Waals surface area contributed by atoms with Gasteiger partial charge in [0.1, 0.15) is 48.0 Å². The van der Waals surface area contributed by atoms with Crippen molar-refractivity contribution in [3.05, 3.63) is 88.6 Å². The predicted octanol–water partition coefficient (Wildman–Crippen LogP) is 4.11. The Morgan fingerprint density at radius 1 is 0.640 bits per heavy atom. The SMILES string of the molecule is CC(=O)Nc1cc(COC(=O)c2ccc(C=Nc3ccc(C(=O)OCc4cc(NC(C)=O)nc(NC(C)=O)c4)n3C)cc2)cc(NC(C)=O)n1. The van der Waals surface area contributed by atoms with Gasteiger partial charge >= 0.3 is 11.9 Å². The maximum Gasteiger partial charge on any atom is 0.355 e. The van der Waals surface area contributed by atoms with Crippen LogP contribution in [0.4, 0.5) is 29.1 Å². The van der Waals surface area contributed by atoms with Gasteiger partial charge in [0.25, 0.3) is 0 Å². The minimum atomic E-state index is -0.625. The predicted molar refractivity (Wildman–Crippen MR) is 183 cm³/mol. The molecule has 4 rings (SSSR count). The van der Waals surface area contributed by atoms with Crippen LogP contribution in [-0.4, -0.2) is 56.3 Å². The number of benzene rings is 1. The standard InChI is InChI=1S/C34H34N8O8/c1-19(43)36-28-12-24(13-29(40-28)37-20(2)44)17-49-33(47)26-8-6-23(7-9-26)16-35-32-11-10-27(42(32)5)34(48)50-18-25-14-30(38-21(3)45)41-31(15-25)39-22(4)46/h6-16H,17-18H2,1-5H3,(H2,36,37,40,43,44)(H2,38,39,41,45,46). The van der Waals surface area contributed by atoms with Gasteiger partial charge in [-0.05, 0) is 65.2 Å². The van der Waals surface area contributed by atoms with Gasteiger partial charge in [-0.3, -0.25) is 19.2 Å². The molecule has 0 saturated heterocycles. The number of carbonyl (C=O) groups is 6. The number of esters is 2. The van der Waals surface area contributed by atoms with Crippen molar-refractivity contribution in [2.45, 2.75) is 40.9 Å². The molecule has 0 radical (unpaired) electrons. The summed E-state index contributed by atoms with van der Waals surface area (Å²) in [5, 5.41) is 10.2. The smallest absolute Gasteiger partial charge is 0.355 e. The van der Waals surface area contributed by atoms with E-state index in [1.807, 2.05) is 0 Å². The first kappa shape index (κ1) is 36.1. The number of hydrogen-bond donors (Lipinski definition) is 4. The Kier molecular flexibility index (Phi) is 11.9. The number of nitrogens with one attached hydrogen (secondary N) is 4. The molecule has 0 spiro atoms. The number of aromatic nitrogens is 3. The Balaban J connectivity index is 1.36. The molecule has 16 nitrogen and oxygen atoms in total. The first-order chi connectivity index (χ1) is 23.7. The van der Waals surface area contributed by atoms with Crippen LogP contribution in [0.25, 0.3) is 0 Å². The van der Waals surface area contributed by atoms with Crippen molar-refractivity contribution in [3.63, 3.8) is 0 Å². The van der Waals surface area contributed by atoms with Gasteiger partial charge < -0.3 is 35.3 Å². The molecule has 4 aromatic rings. The lowest BCUT2D eigenvalue weighted by atomic mass is 10.1. The van der Waals surface area contributed by atoms with E-state index in [0.717, 1.165) is 0 Å². The summed E-state index contributed by atoms with van der Waals surface area (Å²) in [7, 11) is 1.65. The van der Waals surface area contributed by atoms with Gasteiger partial charge in [0.15, 0.2) is 0 Å². The molecule has 1 aromatic carbocycles. The summed E-state index contributed by atoms with van der Waals surface area (Å²) in [5.41, 5.74) is 2.18. The number of pyridine rings is 2. The maximum absolute atomic E-state index is 12.9. The molecule has 16 heteroatoms. The molecular weight excluding hydrogens is 648 g/mol. The van der Waals surface area contributed by atoms with Crippen LogP contribution in [0.1, 0.15) is 65.2 Å². The van der Waals surface area contributed by atoms with E-state index >= 15 is 0 Å². The van der Waals surface area contributed by atoms with E-state index in [1.165, 1.54) is 52.0 Å². The summed E-state index contributed by atoms with van der Waals surface area (Å²) in [5.74, 6) is -1.39. The Morgan fingerprint density at radius 3 is 1.48 bits per heavy atom. The molecule has 258 valence electrons. The lowest BCUT2D eigenvalue weighted by molar-refractivity contribution is -0.115. The average molecular weight is 683 g/mol. The highest BCUT2D eigenvalue weighted by molar-refractivity contribution is 5.93. The summed E-state index contributed by atoms with van der Waals surface area (Å²) in [6.07, 6.45) is 1.56. The van der Waals surface area contributed by atoms with E-state index in [0.29, 0.717) is 22.5 Å². The molecule has 4 N–H and O–H groups in total. The summed E-state index contributed by atoms with van der Waals surface area (Å²) >= 11 is 0. The summed E-state index contributed by atoms with van der Waals surface area (Å²) in [4.78, 5) is 84.2. The fraction of sp³-hybridized carbons (Fsp3) is 0.206. The van der Waals surface area contributed by atoms with Gasteiger partial charge in [-0.2, -0.15) is 0 Å². The second-order valence-electron chi connectivity index (χ2n) is 10.9. The van der Waals surface area contributed by atoms with E-state index in [4.69, 9.17) is 9.47 Å². The fourth-order valence-electron chi connectivity index (χ4n) is 4.45. The second-order valence-corrected chi connectivity index (χ2v) is 10.9. The maximum atomic E-state index is 12.9.